The molecule has 0 saturated carbocycles. The first-order chi connectivity index (χ1) is 24.0. The van der Waals surface area contributed by atoms with E-state index in [-0.39, 0.29) is 55.4 Å². The van der Waals surface area contributed by atoms with Crippen LogP contribution in [0.2, 0.25) is 0 Å². The average molecular weight is 800 g/mol. The van der Waals surface area contributed by atoms with Crippen molar-refractivity contribution in [2.75, 3.05) is 18.5 Å². The van der Waals surface area contributed by atoms with E-state index in [0.717, 1.165) is 22.8 Å². The van der Waals surface area contributed by atoms with Crippen molar-refractivity contribution in [3.8, 4) is 22.8 Å². The maximum atomic E-state index is 14.6. The summed E-state index contributed by atoms with van der Waals surface area (Å²) in [5, 5.41) is 10.9. The molecule has 0 unspecified atom stereocenters. The summed E-state index contributed by atoms with van der Waals surface area (Å²) in [6.45, 7) is -0.729. The number of hydrogen-bond donors (Lipinski definition) is 2. The third-order valence-corrected chi connectivity index (χ3v) is 6.73. The summed E-state index contributed by atoms with van der Waals surface area (Å²) in [5.74, 6) is -6.31. The van der Waals surface area contributed by atoms with Crippen LogP contribution in [0.4, 0.5) is 23.2 Å². The van der Waals surface area contributed by atoms with E-state index in [9.17, 15) is 17.6 Å². The normalized spacial score (nSPS) is 11.9. The molecule has 0 atom stereocenters. The third-order valence-electron chi connectivity index (χ3n) is 6.73. The number of aliphatic hydroxyl groups excluding tert-OH is 1. The van der Waals surface area contributed by atoms with Gasteiger partial charge in [0, 0.05) is 37.5 Å². The van der Waals surface area contributed by atoms with Crippen molar-refractivity contribution in [2.45, 2.75) is 0 Å². The summed E-state index contributed by atoms with van der Waals surface area (Å²) < 4.78 is 57.8. The molecule has 51 heavy (non-hydrogen) atoms. The molecule has 8 nitrogen and oxygen atoms in total. The van der Waals surface area contributed by atoms with E-state index in [1.165, 1.54) is 36.7 Å². The Balaban J connectivity index is 0.000000226. The Morgan fingerprint density at radius 3 is 1.45 bits per heavy atom. The van der Waals surface area contributed by atoms with E-state index >= 15 is 0 Å². The number of anilines is 1. The molecular weight excluding hydrogens is 771 g/mol. The molecule has 0 fully saturated rings. The standard InChI is InChI=1S/C17H12F4N3O.2C10H8N2.ClH.Ru/c18-13-12(14(19)16(21)17(15(13)20)24-7-8-25)11(9-3-1-5-22-9)10-4-2-6-23-10;2*1-3-7-11-9(5-1)10-6-2-4-8-12-10;;/h1-6,24-25H,7-8H2;2*1-8H;1H;/q-1;;;;+1. The van der Waals surface area contributed by atoms with Crippen LogP contribution in [0.25, 0.3) is 28.3 Å². The van der Waals surface area contributed by atoms with Crippen molar-refractivity contribution in [3.05, 3.63) is 168 Å². The largest absolute Gasteiger partial charge is 1.00 e. The number of aliphatic imine (C=N–C) groups is 1. The first-order valence-electron chi connectivity index (χ1n) is 14.9. The fourth-order valence-electron chi connectivity index (χ4n) is 4.53. The van der Waals surface area contributed by atoms with Crippen LogP contribution in [0, 0.1) is 23.3 Å². The Morgan fingerprint density at radius 1 is 0.647 bits per heavy atom. The second-order valence-corrected chi connectivity index (χ2v) is 9.94. The molecule has 2 N–H and O–H groups in total. The second-order valence-electron chi connectivity index (χ2n) is 9.94. The molecule has 1 aromatic carbocycles. The molecule has 5 aromatic heterocycles. The van der Waals surface area contributed by atoms with Gasteiger partial charge in [0.05, 0.1) is 40.6 Å². The number of pyridine rings is 4. The molecule has 14 heteroatoms. The van der Waals surface area contributed by atoms with Gasteiger partial charge >= 0.3 is 19.5 Å². The number of nitrogens with one attached hydrogen (secondary N) is 1. The minimum Gasteiger partial charge on any atom is -0.664 e. The van der Waals surface area contributed by atoms with E-state index in [1.54, 1.807) is 24.8 Å². The number of benzene rings is 1. The van der Waals surface area contributed by atoms with Gasteiger partial charge in [-0.15, -0.1) is 18.1 Å². The minimum atomic E-state index is -1.59. The predicted molar refractivity (Wildman–Crippen MR) is 187 cm³/mol. The average Bonchev–Trinajstić information content (AvgIpc) is 3.91. The fraction of sp³-hybridized carbons (Fsp3) is 0.0541. The number of aliphatic hydroxyl groups is 1. The van der Waals surface area contributed by atoms with Crippen molar-refractivity contribution in [1.82, 2.24) is 24.9 Å². The molecule has 1 radical (unpaired) electrons. The molecule has 1 aliphatic heterocycles. The molecule has 0 amide bonds. The summed E-state index contributed by atoms with van der Waals surface area (Å²) in [4.78, 5) is 24.7. The van der Waals surface area contributed by atoms with Crippen molar-refractivity contribution < 1.29 is 42.1 Å². The zero-order valence-corrected chi connectivity index (χ0v) is 29.1. The third kappa shape index (κ3) is 10.3. The Bertz CT molecular complexity index is 1850. The number of rotatable bonds is 7. The summed E-state index contributed by atoms with van der Waals surface area (Å²) in [6.07, 6.45) is 12.8. The molecule has 0 spiro atoms. The molecule has 1 aliphatic rings. The molecule has 0 bridgehead atoms. The van der Waals surface area contributed by atoms with E-state index in [2.05, 4.69) is 35.2 Å². The van der Waals surface area contributed by atoms with Crippen LogP contribution in [0.1, 0.15) is 11.3 Å². The van der Waals surface area contributed by atoms with Crippen molar-refractivity contribution >= 4 is 29.9 Å². The number of halogens is 5. The Labute approximate surface area is 310 Å². The molecule has 261 valence electrons. The SMILES string of the molecule is Cl.OCCNc1c(F)c(F)c(C(=C2C=CC=N2)c2ccc[n-]2)c(F)c1F.[Ru+].c1ccc(-c2ccccn2)nc1.c1ccc(-c2ccccn2)nc1. The minimum absolute atomic E-state index is 0. The molecule has 0 aliphatic carbocycles. The van der Waals surface area contributed by atoms with Gasteiger partial charge in [0.2, 0.25) is 0 Å². The van der Waals surface area contributed by atoms with Crippen LogP contribution >= 0.6 is 12.4 Å². The van der Waals surface area contributed by atoms with Crippen LogP contribution in [0.3, 0.4) is 0 Å². The zero-order chi connectivity index (χ0) is 34.4. The van der Waals surface area contributed by atoms with E-state index in [4.69, 9.17) is 5.11 Å². The first kappa shape index (κ1) is 40.1. The molecule has 0 saturated heterocycles. The maximum absolute atomic E-state index is 14.6. The van der Waals surface area contributed by atoms with Gasteiger partial charge in [0.25, 0.3) is 0 Å². The summed E-state index contributed by atoms with van der Waals surface area (Å²) in [7, 11) is 0. The van der Waals surface area contributed by atoms with Crippen LogP contribution in [-0.4, -0.2) is 44.4 Å². The smallest absolute Gasteiger partial charge is 0.664 e. The number of aromatic nitrogens is 5. The summed E-state index contributed by atoms with van der Waals surface area (Å²) in [6, 6.07) is 26.2. The van der Waals surface area contributed by atoms with Gasteiger partial charge in [-0.2, -0.15) is 6.20 Å². The van der Waals surface area contributed by atoms with Crippen LogP contribution in [0.15, 0.2) is 139 Å². The van der Waals surface area contributed by atoms with E-state index in [1.807, 2.05) is 72.8 Å². The van der Waals surface area contributed by atoms with Gasteiger partial charge in [-0.3, -0.25) is 24.9 Å². The summed E-state index contributed by atoms with van der Waals surface area (Å²) in [5.41, 5.74) is 1.90. The van der Waals surface area contributed by atoms with Crippen LogP contribution in [-0.2, 0) is 19.5 Å². The van der Waals surface area contributed by atoms with Gasteiger partial charge in [0.1, 0.15) is 5.69 Å². The predicted octanol–water partition coefficient (Wildman–Crippen LogP) is 7.71. The first-order valence-corrected chi connectivity index (χ1v) is 14.9. The number of nitrogens with zero attached hydrogens (tertiary/aromatic N) is 6. The maximum Gasteiger partial charge on any atom is 1.00 e. The fourth-order valence-corrected chi connectivity index (χ4v) is 4.53. The Kier molecular flexibility index (Phi) is 16.0. The van der Waals surface area contributed by atoms with Crippen LogP contribution < -0.4 is 10.3 Å². The monoisotopic (exact) mass is 800 g/mol. The number of hydrogen-bond acceptors (Lipinski definition) is 7. The van der Waals surface area contributed by atoms with E-state index in [0.29, 0.717) is 0 Å². The van der Waals surface area contributed by atoms with Gasteiger partial charge < -0.3 is 15.4 Å². The molecule has 6 aromatic rings. The number of allylic oxidation sites excluding steroid dienone is 2. The second kappa shape index (κ2) is 20.3. The zero-order valence-electron chi connectivity index (χ0n) is 26.5. The summed E-state index contributed by atoms with van der Waals surface area (Å²) >= 11 is 0. The molecular formula is C37H29ClF4N7ORu. The van der Waals surface area contributed by atoms with E-state index < -0.39 is 41.1 Å². The van der Waals surface area contributed by atoms with Gasteiger partial charge in [-0.1, -0.05) is 36.4 Å². The van der Waals surface area contributed by atoms with Gasteiger partial charge in [0.15, 0.2) is 23.3 Å². The Morgan fingerprint density at radius 2 is 1.12 bits per heavy atom. The van der Waals surface area contributed by atoms with Crippen molar-refractivity contribution in [1.29, 1.82) is 0 Å². The van der Waals surface area contributed by atoms with Gasteiger partial charge in [-0.25, -0.2) is 17.6 Å². The Hall–Kier alpha value is -5.36. The topological polar surface area (TPSA) is 110 Å². The van der Waals surface area contributed by atoms with Crippen LogP contribution in [0.5, 0.6) is 0 Å². The van der Waals surface area contributed by atoms with Crippen molar-refractivity contribution in [2.24, 2.45) is 4.99 Å². The van der Waals surface area contributed by atoms with Crippen molar-refractivity contribution in [3.63, 3.8) is 0 Å². The van der Waals surface area contributed by atoms with Gasteiger partial charge in [-0.05, 0) is 66.3 Å². The quantitative estimate of drug-likeness (QED) is 0.0968. The molecule has 6 heterocycles. The molecule has 7 rings (SSSR count).